The van der Waals surface area contributed by atoms with Crippen LogP contribution in [0.1, 0.15) is 10.4 Å². The van der Waals surface area contributed by atoms with Gasteiger partial charge in [0.25, 0.3) is 0 Å². The fraction of sp³-hybridized carbons (Fsp3) is 0.375. The summed E-state index contributed by atoms with van der Waals surface area (Å²) in [5, 5.41) is 13.4. The van der Waals surface area contributed by atoms with E-state index in [0.29, 0.717) is 6.54 Å². The molecule has 0 radical (unpaired) electrons. The monoisotopic (exact) mass is 166 g/mol. The lowest BCUT2D eigenvalue weighted by atomic mass is 10.3. The maximum Gasteiger partial charge on any atom is 0.0843 e. The lowest BCUT2D eigenvalue weighted by Crippen LogP contribution is -2.12. The topological polar surface area (TPSA) is 35.8 Å². The van der Waals surface area contributed by atoms with Crippen LogP contribution in [0.5, 0.6) is 0 Å². The fourth-order valence-electron chi connectivity index (χ4n) is 0.817. The second-order valence-corrected chi connectivity index (χ2v) is 3.29. The van der Waals surface area contributed by atoms with Crippen LogP contribution in [0, 0.1) is 18.3 Å². The Morgan fingerprint density at radius 2 is 2.55 bits per heavy atom. The molecule has 0 fully saturated rings. The Kier molecular flexibility index (Phi) is 3.09. The first kappa shape index (κ1) is 8.25. The van der Waals surface area contributed by atoms with Gasteiger partial charge in [0.15, 0.2) is 0 Å². The van der Waals surface area contributed by atoms with Gasteiger partial charge in [-0.1, -0.05) is 0 Å². The van der Waals surface area contributed by atoms with Gasteiger partial charge in [0.05, 0.1) is 12.6 Å². The van der Waals surface area contributed by atoms with Crippen LogP contribution in [0.2, 0.25) is 0 Å². The molecule has 0 aromatic carbocycles. The summed E-state index contributed by atoms with van der Waals surface area (Å²) in [6.07, 6.45) is 0. The Labute approximate surface area is 70.5 Å². The summed E-state index contributed by atoms with van der Waals surface area (Å²) in [5.74, 6) is 0. The number of aryl methyl sites for hydroxylation is 1. The lowest BCUT2D eigenvalue weighted by molar-refractivity contribution is 0.773. The molecule has 0 aliphatic heterocycles. The molecular weight excluding hydrogens is 156 g/mol. The smallest absolute Gasteiger partial charge is 0.0843 e. The second-order valence-electron chi connectivity index (χ2n) is 2.29. The van der Waals surface area contributed by atoms with Crippen molar-refractivity contribution in [3.8, 4) is 6.07 Å². The summed E-state index contributed by atoms with van der Waals surface area (Å²) < 4.78 is 0. The SMILES string of the molecule is Cc1ccsc1CNCC#N. The minimum atomic E-state index is 0.428. The fourth-order valence-corrected chi connectivity index (χ4v) is 1.69. The molecule has 1 rings (SSSR count). The zero-order valence-corrected chi connectivity index (χ0v) is 7.24. The van der Waals surface area contributed by atoms with Gasteiger partial charge >= 0.3 is 0 Å². The third-order valence-corrected chi connectivity index (χ3v) is 2.48. The highest BCUT2D eigenvalue weighted by Gasteiger charge is 1.96. The van der Waals surface area contributed by atoms with Crippen molar-refractivity contribution in [3.63, 3.8) is 0 Å². The van der Waals surface area contributed by atoms with E-state index >= 15 is 0 Å². The first-order valence-corrected chi connectivity index (χ1v) is 4.33. The van der Waals surface area contributed by atoms with Crippen LogP contribution in [0.15, 0.2) is 11.4 Å². The van der Waals surface area contributed by atoms with Crippen molar-refractivity contribution in [1.29, 1.82) is 5.26 Å². The van der Waals surface area contributed by atoms with E-state index < -0.39 is 0 Å². The van der Waals surface area contributed by atoms with Crippen LogP contribution in [-0.4, -0.2) is 6.54 Å². The lowest BCUT2D eigenvalue weighted by Gasteiger charge is -1.97. The summed E-state index contributed by atoms with van der Waals surface area (Å²) in [5.41, 5.74) is 1.31. The molecule has 0 unspecified atom stereocenters. The van der Waals surface area contributed by atoms with Crippen LogP contribution in [0.25, 0.3) is 0 Å². The molecule has 0 amide bonds. The van der Waals surface area contributed by atoms with Gasteiger partial charge in [-0.15, -0.1) is 11.3 Å². The summed E-state index contributed by atoms with van der Waals surface area (Å²) >= 11 is 1.73. The van der Waals surface area contributed by atoms with E-state index in [1.807, 2.05) is 6.07 Å². The Balaban J connectivity index is 2.40. The highest BCUT2D eigenvalue weighted by Crippen LogP contribution is 2.14. The number of nitriles is 1. The van der Waals surface area contributed by atoms with Gasteiger partial charge in [-0.2, -0.15) is 5.26 Å². The maximum atomic E-state index is 8.26. The normalized spacial score (nSPS) is 9.45. The van der Waals surface area contributed by atoms with E-state index in [0.717, 1.165) is 6.54 Å². The average Bonchev–Trinajstić information content (AvgIpc) is 2.37. The van der Waals surface area contributed by atoms with Crippen LogP contribution in [0.3, 0.4) is 0 Å². The Morgan fingerprint density at radius 3 is 3.09 bits per heavy atom. The van der Waals surface area contributed by atoms with Crippen molar-refractivity contribution in [3.05, 3.63) is 21.9 Å². The molecule has 0 atom stereocenters. The number of nitrogens with zero attached hydrogens (tertiary/aromatic N) is 1. The molecule has 1 heterocycles. The molecule has 0 saturated heterocycles. The Morgan fingerprint density at radius 1 is 1.73 bits per heavy atom. The molecule has 0 bridgehead atoms. The van der Waals surface area contributed by atoms with E-state index in [1.54, 1.807) is 11.3 Å². The summed E-state index contributed by atoms with van der Waals surface area (Å²) in [7, 11) is 0. The number of rotatable bonds is 3. The highest BCUT2D eigenvalue weighted by atomic mass is 32.1. The first-order valence-electron chi connectivity index (χ1n) is 3.45. The standard InChI is InChI=1S/C8H10N2S/c1-7-2-5-11-8(7)6-10-4-3-9/h2,5,10H,4,6H2,1H3. The number of hydrogen-bond acceptors (Lipinski definition) is 3. The van der Waals surface area contributed by atoms with E-state index in [-0.39, 0.29) is 0 Å². The molecule has 0 aliphatic rings. The van der Waals surface area contributed by atoms with Crippen LogP contribution in [0.4, 0.5) is 0 Å². The maximum absolute atomic E-state index is 8.26. The molecule has 1 aromatic rings. The predicted octanol–water partition coefficient (Wildman–Crippen LogP) is 1.67. The molecule has 0 saturated carbocycles. The molecule has 0 spiro atoms. The van der Waals surface area contributed by atoms with Crippen molar-refractivity contribution in [1.82, 2.24) is 5.32 Å². The van der Waals surface area contributed by atoms with Crippen molar-refractivity contribution >= 4 is 11.3 Å². The molecule has 0 aliphatic carbocycles. The average molecular weight is 166 g/mol. The van der Waals surface area contributed by atoms with Gasteiger partial charge in [0.1, 0.15) is 0 Å². The van der Waals surface area contributed by atoms with E-state index in [9.17, 15) is 0 Å². The molecule has 1 N–H and O–H groups in total. The summed E-state index contributed by atoms with van der Waals surface area (Å²) in [6.45, 7) is 3.33. The zero-order valence-electron chi connectivity index (χ0n) is 6.42. The van der Waals surface area contributed by atoms with Gasteiger partial charge in [-0.3, -0.25) is 5.32 Å². The van der Waals surface area contributed by atoms with Crippen molar-refractivity contribution in [2.45, 2.75) is 13.5 Å². The highest BCUT2D eigenvalue weighted by molar-refractivity contribution is 7.10. The second kappa shape index (κ2) is 4.12. The van der Waals surface area contributed by atoms with Crippen LogP contribution in [-0.2, 0) is 6.54 Å². The molecule has 1 aromatic heterocycles. The number of thiophene rings is 1. The largest absolute Gasteiger partial charge is 0.300 e. The van der Waals surface area contributed by atoms with E-state index in [2.05, 4.69) is 23.7 Å². The zero-order chi connectivity index (χ0) is 8.10. The van der Waals surface area contributed by atoms with Gasteiger partial charge in [-0.05, 0) is 23.9 Å². The molecule has 11 heavy (non-hydrogen) atoms. The summed E-state index contributed by atoms with van der Waals surface area (Å²) in [4.78, 5) is 1.32. The molecule has 58 valence electrons. The molecular formula is C8H10N2S. The quantitative estimate of drug-likeness (QED) is 0.547. The Bertz CT molecular complexity index is 259. The van der Waals surface area contributed by atoms with E-state index in [1.165, 1.54) is 10.4 Å². The van der Waals surface area contributed by atoms with Gasteiger partial charge in [0.2, 0.25) is 0 Å². The Hall–Kier alpha value is -0.850. The molecule has 2 nitrogen and oxygen atoms in total. The van der Waals surface area contributed by atoms with Gasteiger partial charge in [-0.25, -0.2) is 0 Å². The van der Waals surface area contributed by atoms with Gasteiger partial charge < -0.3 is 0 Å². The number of hydrogen-bond donors (Lipinski definition) is 1. The first-order chi connectivity index (χ1) is 5.34. The third-order valence-electron chi connectivity index (χ3n) is 1.46. The molecule has 3 heteroatoms. The predicted molar refractivity (Wildman–Crippen MR) is 46.4 cm³/mol. The minimum absolute atomic E-state index is 0.428. The number of nitrogens with one attached hydrogen (secondary N) is 1. The van der Waals surface area contributed by atoms with Crippen molar-refractivity contribution in [2.75, 3.05) is 6.54 Å². The minimum Gasteiger partial charge on any atom is -0.300 e. The van der Waals surface area contributed by atoms with Gasteiger partial charge in [0, 0.05) is 11.4 Å². The van der Waals surface area contributed by atoms with E-state index in [4.69, 9.17) is 5.26 Å². The van der Waals surface area contributed by atoms with Crippen molar-refractivity contribution in [2.24, 2.45) is 0 Å². The van der Waals surface area contributed by atoms with Crippen LogP contribution >= 0.6 is 11.3 Å². The van der Waals surface area contributed by atoms with Crippen molar-refractivity contribution < 1.29 is 0 Å². The summed E-state index contributed by atoms with van der Waals surface area (Å²) in [6, 6.07) is 4.13. The van der Waals surface area contributed by atoms with Crippen LogP contribution < -0.4 is 5.32 Å². The third kappa shape index (κ3) is 2.34.